The fraction of sp³-hybridized carbons (Fsp3) is 0.333. The number of anilines is 1. The largest absolute Gasteiger partial charge is 0.488 e. The Labute approximate surface area is 160 Å². The SMILES string of the molecule is COC(=O)Cn1ncc2c(N3CCC(Oc4cccc(Cl)c4)C3)ncnc21. The number of halogens is 1. The van der Waals surface area contributed by atoms with E-state index in [4.69, 9.17) is 21.1 Å². The van der Waals surface area contributed by atoms with E-state index in [0.717, 1.165) is 29.9 Å². The third-order valence-corrected chi connectivity index (χ3v) is 4.70. The van der Waals surface area contributed by atoms with Crippen molar-refractivity contribution in [2.45, 2.75) is 19.1 Å². The standard InChI is InChI=1S/C18H18ClN5O3/c1-26-16(25)10-24-18-15(8-22-24)17(20-11-21-18)23-6-5-14(9-23)27-13-4-2-3-12(19)7-13/h2-4,7-8,11,14H,5-6,9-10H2,1H3. The number of fused-ring (bicyclic) bond motifs is 1. The second-order valence-electron chi connectivity index (χ2n) is 6.24. The summed E-state index contributed by atoms with van der Waals surface area (Å²) < 4.78 is 12.3. The first-order valence-corrected chi connectivity index (χ1v) is 8.92. The fourth-order valence-corrected chi connectivity index (χ4v) is 3.36. The van der Waals surface area contributed by atoms with Gasteiger partial charge in [-0.25, -0.2) is 14.6 Å². The molecular formula is C18H18ClN5O3. The number of carbonyl (C=O) groups is 1. The summed E-state index contributed by atoms with van der Waals surface area (Å²) in [5, 5.41) is 5.70. The minimum Gasteiger partial charge on any atom is -0.488 e. The minimum absolute atomic E-state index is 0.0109. The summed E-state index contributed by atoms with van der Waals surface area (Å²) >= 11 is 6.02. The number of methoxy groups -OCH3 is 1. The third-order valence-electron chi connectivity index (χ3n) is 4.46. The van der Waals surface area contributed by atoms with E-state index < -0.39 is 0 Å². The minimum atomic E-state index is -0.378. The Bertz CT molecular complexity index is 977. The molecule has 0 spiro atoms. The molecule has 4 rings (SSSR count). The molecule has 1 aliphatic heterocycles. The van der Waals surface area contributed by atoms with Gasteiger partial charge in [-0.15, -0.1) is 0 Å². The number of aromatic nitrogens is 4. The zero-order valence-corrected chi connectivity index (χ0v) is 15.5. The van der Waals surface area contributed by atoms with Crippen LogP contribution in [-0.4, -0.2) is 52.0 Å². The van der Waals surface area contributed by atoms with Crippen molar-refractivity contribution in [3.63, 3.8) is 0 Å². The van der Waals surface area contributed by atoms with Crippen LogP contribution in [0.2, 0.25) is 5.02 Å². The second-order valence-corrected chi connectivity index (χ2v) is 6.68. The molecule has 3 aromatic rings. The second kappa shape index (κ2) is 7.40. The number of benzene rings is 1. The van der Waals surface area contributed by atoms with E-state index >= 15 is 0 Å². The summed E-state index contributed by atoms with van der Waals surface area (Å²) in [7, 11) is 1.35. The number of hydrogen-bond acceptors (Lipinski definition) is 7. The van der Waals surface area contributed by atoms with Gasteiger partial charge in [-0.05, 0) is 18.2 Å². The van der Waals surface area contributed by atoms with Gasteiger partial charge in [0.05, 0.1) is 25.2 Å². The van der Waals surface area contributed by atoms with Crippen LogP contribution in [0.15, 0.2) is 36.8 Å². The Morgan fingerprint density at radius 1 is 1.37 bits per heavy atom. The van der Waals surface area contributed by atoms with Crippen LogP contribution in [0.25, 0.3) is 11.0 Å². The molecule has 2 aromatic heterocycles. The molecule has 0 aliphatic carbocycles. The average Bonchev–Trinajstić information content (AvgIpc) is 3.29. The van der Waals surface area contributed by atoms with Crippen LogP contribution in [0.4, 0.5) is 5.82 Å². The molecule has 0 bridgehead atoms. The van der Waals surface area contributed by atoms with Crippen molar-refractivity contribution >= 4 is 34.4 Å². The lowest BCUT2D eigenvalue weighted by Crippen LogP contribution is -2.25. The summed E-state index contributed by atoms with van der Waals surface area (Å²) in [6.07, 6.45) is 4.07. The fourth-order valence-electron chi connectivity index (χ4n) is 3.18. The first-order valence-electron chi connectivity index (χ1n) is 8.54. The molecule has 1 atom stereocenters. The van der Waals surface area contributed by atoms with Crippen LogP contribution in [0.1, 0.15) is 6.42 Å². The number of hydrogen-bond donors (Lipinski definition) is 0. The van der Waals surface area contributed by atoms with E-state index in [1.807, 2.05) is 24.3 Å². The van der Waals surface area contributed by atoms with Gasteiger partial charge >= 0.3 is 5.97 Å². The smallest absolute Gasteiger partial charge is 0.327 e. The summed E-state index contributed by atoms with van der Waals surface area (Å²) in [6, 6.07) is 7.39. The number of nitrogens with zero attached hydrogens (tertiary/aromatic N) is 5. The highest BCUT2D eigenvalue weighted by Gasteiger charge is 2.27. The topological polar surface area (TPSA) is 82.4 Å². The maximum atomic E-state index is 11.5. The quantitative estimate of drug-likeness (QED) is 0.621. The zero-order chi connectivity index (χ0) is 18.8. The van der Waals surface area contributed by atoms with Gasteiger partial charge in [0.25, 0.3) is 0 Å². The number of esters is 1. The van der Waals surface area contributed by atoms with Crippen LogP contribution < -0.4 is 9.64 Å². The molecule has 0 saturated carbocycles. The van der Waals surface area contributed by atoms with Crippen molar-refractivity contribution in [2.75, 3.05) is 25.1 Å². The third kappa shape index (κ3) is 3.66. The Hall–Kier alpha value is -2.87. The van der Waals surface area contributed by atoms with Crippen LogP contribution in [0, 0.1) is 0 Å². The van der Waals surface area contributed by atoms with Gasteiger partial charge in [-0.3, -0.25) is 4.79 Å². The predicted molar refractivity (Wildman–Crippen MR) is 100 cm³/mol. The van der Waals surface area contributed by atoms with Gasteiger partial charge in [0, 0.05) is 18.0 Å². The molecule has 3 heterocycles. The maximum Gasteiger partial charge on any atom is 0.327 e. The molecule has 1 fully saturated rings. The summed E-state index contributed by atoms with van der Waals surface area (Å²) in [5.41, 5.74) is 0.601. The highest BCUT2D eigenvalue weighted by Crippen LogP contribution is 2.28. The van der Waals surface area contributed by atoms with Crippen molar-refractivity contribution in [3.8, 4) is 5.75 Å². The van der Waals surface area contributed by atoms with E-state index in [1.54, 1.807) is 6.20 Å². The summed E-state index contributed by atoms with van der Waals surface area (Å²) in [5.74, 6) is 1.16. The maximum absolute atomic E-state index is 11.5. The van der Waals surface area contributed by atoms with Crippen molar-refractivity contribution in [3.05, 3.63) is 41.8 Å². The lowest BCUT2D eigenvalue weighted by Gasteiger charge is -2.18. The van der Waals surface area contributed by atoms with Crippen molar-refractivity contribution < 1.29 is 14.3 Å². The van der Waals surface area contributed by atoms with Crippen molar-refractivity contribution in [1.82, 2.24) is 19.7 Å². The Morgan fingerprint density at radius 2 is 2.26 bits per heavy atom. The molecule has 8 nitrogen and oxygen atoms in total. The van der Waals surface area contributed by atoms with Crippen molar-refractivity contribution in [2.24, 2.45) is 0 Å². The molecule has 0 radical (unpaired) electrons. The van der Waals surface area contributed by atoms with Gasteiger partial charge in [0.15, 0.2) is 5.65 Å². The van der Waals surface area contributed by atoms with Crippen LogP contribution in [0.5, 0.6) is 5.75 Å². The number of carbonyl (C=O) groups excluding carboxylic acids is 1. The summed E-state index contributed by atoms with van der Waals surface area (Å²) in [6.45, 7) is 1.51. The van der Waals surface area contributed by atoms with Gasteiger partial charge in [0.2, 0.25) is 0 Å². The molecule has 1 unspecified atom stereocenters. The first-order chi connectivity index (χ1) is 13.1. The Balaban J connectivity index is 1.52. The van der Waals surface area contributed by atoms with Crippen molar-refractivity contribution in [1.29, 1.82) is 0 Å². The van der Waals surface area contributed by atoms with Crippen LogP contribution in [-0.2, 0) is 16.1 Å². The normalized spacial score (nSPS) is 16.7. The highest BCUT2D eigenvalue weighted by molar-refractivity contribution is 6.30. The lowest BCUT2D eigenvalue weighted by molar-refractivity contribution is -0.141. The van der Waals surface area contributed by atoms with E-state index in [-0.39, 0.29) is 18.6 Å². The lowest BCUT2D eigenvalue weighted by atomic mass is 10.3. The molecule has 9 heteroatoms. The molecule has 1 aromatic carbocycles. The number of ether oxygens (including phenoxy) is 2. The van der Waals surface area contributed by atoms with Gasteiger partial charge in [-0.1, -0.05) is 17.7 Å². The molecule has 140 valence electrons. The first kappa shape index (κ1) is 17.5. The molecule has 1 aliphatic rings. The predicted octanol–water partition coefficient (Wildman–Crippen LogP) is 2.31. The van der Waals surface area contributed by atoms with Gasteiger partial charge < -0.3 is 14.4 Å². The Morgan fingerprint density at radius 3 is 3.07 bits per heavy atom. The van der Waals surface area contributed by atoms with E-state index in [2.05, 4.69) is 20.0 Å². The summed E-state index contributed by atoms with van der Waals surface area (Å²) in [4.78, 5) is 22.4. The van der Waals surface area contributed by atoms with E-state index in [1.165, 1.54) is 18.1 Å². The van der Waals surface area contributed by atoms with Gasteiger partial charge in [0.1, 0.15) is 30.5 Å². The van der Waals surface area contributed by atoms with Gasteiger partial charge in [-0.2, -0.15) is 5.10 Å². The highest BCUT2D eigenvalue weighted by atomic mass is 35.5. The zero-order valence-electron chi connectivity index (χ0n) is 14.7. The van der Waals surface area contributed by atoms with E-state index in [0.29, 0.717) is 17.2 Å². The van der Waals surface area contributed by atoms with Crippen LogP contribution in [0.3, 0.4) is 0 Å². The Kier molecular flexibility index (Phi) is 4.81. The van der Waals surface area contributed by atoms with E-state index in [9.17, 15) is 4.79 Å². The molecule has 1 saturated heterocycles. The monoisotopic (exact) mass is 387 g/mol. The molecule has 27 heavy (non-hydrogen) atoms. The molecular weight excluding hydrogens is 370 g/mol. The van der Waals surface area contributed by atoms with Crippen LogP contribution >= 0.6 is 11.6 Å². The average molecular weight is 388 g/mol. The number of rotatable bonds is 5. The molecule has 0 amide bonds. The molecule has 0 N–H and O–H groups in total.